The number of benzene rings is 1. The molecule has 160 valence electrons. The van der Waals surface area contributed by atoms with Crippen LogP contribution in [-0.2, 0) is 6.18 Å². The lowest BCUT2D eigenvalue weighted by Crippen LogP contribution is -2.49. The van der Waals surface area contributed by atoms with Gasteiger partial charge in [-0.3, -0.25) is 4.79 Å². The average molecular weight is 419 g/mol. The third kappa shape index (κ3) is 4.34. The maximum Gasteiger partial charge on any atom is 0.416 e. The number of nitrogens with zero attached hydrogens (tertiary/aromatic N) is 5. The van der Waals surface area contributed by atoms with Crippen LogP contribution in [0.2, 0.25) is 0 Å². The number of amides is 1. The van der Waals surface area contributed by atoms with E-state index in [1.807, 2.05) is 13.0 Å². The number of aromatic nitrogens is 2. The van der Waals surface area contributed by atoms with Crippen molar-refractivity contribution in [2.45, 2.75) is 25.9 Å². The summed E-state index contributed by atoms with van der Waals surface area (Å²) in [7, 11) is 0. The minimum Gasteiger partial charge on any atom is -0.356 e. The van der Waals surface area contributed by atoms with Gasteiger partial charge in [-0.05, 0) is 44.0 Å². The Balaban J connectivity index is 1.41. The van der Waals surface area contributed by atoms with Crippen LogP contribution in [0, 0.1) is 6.92 Å². The van der Waals surface area contributed by atoms with Gasteiger partial charge in [-0.1, -0.05) is 0 Å². The van der Waals surface area contributed by atoms with E-state index >= 15 is 0 Å². The van der Waals surface area contributed by atoms with Crippen LogP contribution < -0.4 is 9.80 Å². The second-order valence-electron chi connectivity index (χ2n) is 7.68. The molecule has 0 aliphatic carbocycles. The van der Waals surface area contributed by atoms with Crippen LogP contribution in [0.5, 0.6) is 0 Å². The van der Waals surface area contributed by atoms with Crippen LogP contribution in [0.1, 0.15) is 34.6 Å². The molecule has 2 aliphatic heterocycles. The molecule has 2 saturated heterocycles. The molecule has 3 heterocycles. The number of rotatable bonds is 3. The second kappa shape index (κ2) is 8.12. The molecule has 4 rings (SSSR count). The Morgan fingerprint density at radius 2 is 1.40 bits per heavy atom. The van der Waals surface area contributed by atoms with Crippen molar-refractivity contribution in [3.63, 3.8) is 0 Å². The minimum absolute atomic E-state index is 0.250. The predicted molar refractivity (Wildman–Crippen MR) is 108 cm³/mol. The summed E-state index contributed by atoms with van der Waals surface area (Å²) in [6.07, 6.45) is -2.07. The van der Waals surface area contributed by atoms with E-state index in [-0.39, 0.29) is 11.5 Å². The first-order valence-electron chi connectivity index (χ1n) is 10.1. The Labute approximate surface area is 173 Å². The maximum atomic E-state index is 12.7. The van der Waals surface area contributed by atoms with E-state index < -0.39 is 11.7 Å². The minimum atomic E-state index is -4.41. The molecule has 0 atom stereocenters. The molecule has 0 spiro atoms. The van der Waals surface area contributed by atoms with Crippen LogP contribution in [-0.4, -0.2) is 60.0 Å². The molecule has 2 aliphatic rings. The molecule has 0 radical (unpaired) electrons. The summed E-state index contributed by atoms with van der Waals surface area (Å²) in [5, 5.41) is 0. The molecular formula is C21H24F3N5O. The number of carbonyl (C=O) groups excluding carboxylic acids is 1. The number of alkyl halides is 3. The van der Waals surface area contributed by atoms with E-state index in [2.05, 4.69) is 19.8 Å². The zero-order valence-corrected chi connectivity index (χ0v) is 16.8. The molecule has 1 amide bonds. The highest BCUT2D eigenvalue weighted by molar-refractivity contribution is 5.94. The van der Waals surface area contributed by atoms with Crippen LogP contribution >= 0.6 is 0 Å². The molecular weight excluding hydrogens is 395 g/mol. The van der Waals surface area contributed by atoms with Crippen molar-refractivity contribution in [2.75, 3.05) is 49.1 Å². The molecule has 1 aromatic heterocycles. The van der Waals surface area contributed by atoms with E-state index in [4.69, 9.17) is 0 Å². The van der Waals surface area contributed by atoms with E-state index in [0.29, 0.717) is 26.2 Å². The number of carbonyl (C=O) groups is 1. The van der Waals surface area contributed by atoms with Gasteiger partial charge in [0.2, 0.25) is 0 Å². The van der Waals surface area contributed by atoms with Gasteiger partial charge < -0.3 is 14.7 Å². The monoisotopic (exact) mass is 419 g/mol. The molecule has 0 N–H and O–H groups in total. The quantitative estimate of drug-likeness (QED) is 0.764. The van der Waals surface area contributed by atoms with Gasteiger partial charge in [0.15, 0.2) is 0 Å². The highest BCUT2D eigenvalue weighted by Crippen LogP contribution is 2.29. The molecule has 1 aromatic carbocycles. The van der Waals surface area contributed by atoms with Crippen molar-refractivity contribution in [1.29, 1.82) is 0 Å². The van der Waals surface area contributed by atoms with Crippen LogP contribution in [0.25, 0.3) is 0 Å². The maximum absolute atomic E-state index is 12.7. The number of piperazine rings is 1. The van der Waals surface area contributed by atoms with Gasteiger partial charge in [0.05, 0.1) is 5.56 Å². The first-order valence-corrected chi connectivity index (χ1v) is 10.1. The van der Waals surface area contributed by atoms with E-state index in [1.54, 1.807) is 4.90 Å². The zero-order valence-electron chi connectivity index (χ0n) is 16.8. The van der Waals surface area contributed by atoms with Gasteiger partial charge in [-0.2, -0.15) is 13.2 Å². The highest BCUT2D eigenvalue weighted by Gasteiger charge is 2.31. The van der Waals surface area contributed by atoms with Crippen LogP contribution in [0.15, 0.2) is 30.3 Å². The summed E-state index contributed by atoms with van der Waals surface area (Å²) < 4.78 is 38.2. The van der Waals surface area contributed by atoms with Crippen LogP contribution in [0.3, 0.4) is 0 Å². The van der Waals surface area contributed by atoms with Gasteiger partial charge >= 0.3 is 6.18 Å². The van der Waals surface area contributed by atoms with E-state index in [1.165, 1.54) is 25.0 Å². The molecule has 9 heteroatoms. The van der Waals surface area contributed by atoms with Gasteiger partial charge in [-0.15, -0.1) is 0 Å². The second-order valence-corrected chi connectivity index (χ2v) is 7.68. The van der Waals surface area contributed by atoms with Crippen LogP contribution in [0.4, 0.5) is 24.8 Å². The summed E-state index contributed by atoms with van der Waals surface area (Å²) >= 11 is 0. The number of aryl methyl sites for hydroxylation is 1. The summed E-state index contributed by atoms with van der Waals surface area (Å²) in [4.78, 5) is 27.9. The Bertz CT molecular complexity index is 902. The van der Waals surface area contributed by atoms with E-state index in [0.717, 1.165) is 42.7 Å². The van der Waals surface area contributed by atoms with Gasteiger partial charge in [-0.25, -0.2) is 9.97 Å². The fourth-order valence-electron chi connectivity index (χ4n) is 3.93. The predicted octanol–water partition coefficient (Wildman–Crippen LogP) is 3.37. The molecule has 2 fully saturated rings. The molecule has 6 nitrogen and oxygen atoms in total. The Hall–Kier alpha value is -2.84. The smallest absolute Gasteiger partial charge is 0.356 e. The highest BCUT2D eigenvalue weighted by atomic mass is 19.4. The van der Waals surface area contributed by atoms with Gasteiger partial charge in [0, 0.05) is 50.9 Å². The summed E-state index contributed by atoms with van der Waals surface area (Å²) in [6.45, 7) is 6.10. The van der Waals surface area contributed by atoms with Crippen molar-refractivity contribution in [2.24, 2.45) is 0 Å². The summed E-state index contributed by atoms with van der Waals surface area (Å²) in [6, 6.07) is 6.40. The van der Waals surface area contributed by atoms with Crippen molar-refractivity contribution in [1.82, 2.24) is 14.9 Å². The largest absolute Gasteiger partial charge is 0.416 e. The average Bonchev–Trinajstić information content (AvgIpc) is 3.27. The number of halogens is 3. The lowest BCUT2D eigenvalue weighted by Gasteiger charge is -2.36. The Kier molecular flexibility index (Phi) is 5.53. The molecule has 0 bridgehead atoms. The normalized spacial score (nSPS) is 17.5. The van der Waals surface area contributed by atoms with Crippen molar-refractivity contribution < 1.29 is 18.0 Å². The molecule has 2 aromatic rings. The third-order valence-electron chi connectivity index (χ3n) is 5.59. The van der Waals surface area contributed by atoms with Crippen molar-refractivity contribution in [3.8, 4) is 0 Å². The standard InChI is InChI=1S/C21H24F3N5O/c1-15-25-18(27-8-2-3-9-27)14-19(26-15)28-10-12-29(13-11-28)20(30)16-4-6-17(7-5-16)21(22,23)24/h4-7,14H,2-3,8-13H2,1H3. The van der Waals surface area contributed by atoms with Gasteiger partial charge in [0.25, 0.3) is 5.91 Å². The molecule has 30 heavy (non-hydrogen) atoms. The summed E-state index contributed by atoms with van der Waals surface area (Å²) in [5.41, 5.74) is -0.484. The lowest BCUT2D eigenvalue weighted by molar-refractivity contribution is -0.137. The number of anilines is 2. The first kappa shape index (κ1) is 20.4. The van der Waals surface area contributed by atoms with Gasteiger partial charge in [0.1, 0.15) is 17.5 Å². The fourth-order valence-corrected chi connectivity index (χ4v) is 3.93. The molecule has 0 unspecified atom stereocenters. The Morgan fingerprint density at radius 3 is 1.93 bits per heavy atom. The topological polar surface area (TPSA) is 52.6 Å². The Morgan fingerprint density at radius 1 is 0.867 bits per heavy atom. The summed E-state index contributed by atoms with van der Waals surface area (Å²) in [5.74, 6) is 2.27. The molecule has 0 saturated carbocycles. The SMILES string of the molecule is Cc1nc(N2CCCC2)cc(N2CCN(C(=O)c3ccc(C(F)(F)F)cc3)CC2)n1. The number of hydrogen-bond acceptors (Lipinski definition) is 5. The van der Waals surface area contributed by atoms with Crippen molar-refractivity contribution in [3.05, 3.63) is 47.3 Å². The van der Waals surface area contributed by atoms with Crippen molar-refractivity contribution >= 4 is 17.5 Å². The zero-order chi connectivity index (χ0) is 21.3. The third-order valence-corrected chi connectivity index (χ3v) is 5.59. The lowest BCUT2D eigenvalue weighted by atomic mass is 10.1. The first-order chi connectivity index (χ1) is 14.3. The van der Waals surface area contributed by atoms with E-state index in [9.17, 15) is 18.0 Å². The number of hydrogen-bond donors (Lipinski definition) is 0. The fraction of sp³-hybridized carbons (Fsp3) is 0.476.